The molecule has 2 N–H and O–H groups in total. The molecule has 2 heterocycles. The SMILES string of the molecule is CSc1cnc(OCCOc2ncnc(N)c2-c2ccc(C)cc2)nc1. The van der Waals surface area contributed by atoms with Gasteiger partial charge >= 0.3 is 6.01 Å². The maximum atomic E-state index is 6.03. The summed E-state index contributed by atoms with van der Waals surface area (Å²) in [6, 6.07) is 8.26. The fraction of sp³-hybridized carbons (Fsp3) is 0.222. The standard InChI is InChI=1S/C18H19N5O2S/c1-12-3-5-13(6-4-12)15-16(19)22-11-23-17(15)24-7-8-25-18-20-9-14(26-2)10-21-18/h3-6,9-11H,7-8H2,1-2H3,(H2,19,22,23). The molecule has 0 saturated heterocycles. The van der Waals surface area contributed by atoms with Gasteiger partial charge in [-0.2, -0.15) is 0 Å². The molecule has 0 aliphatic rings. The Balaban J connectivity index is 1.64. The highest BCUT2D eigenvalue weighted by molar-refractivity contribution is 7.98. The number of aryl methyl sites for hydroxylation is 1. The van der Waals surface area contributed by atoms with Crippen molar-refractivity contribution >= 4 is 17.6 Å². The highest BCUT2D eigenvalue weighted by Gasteiger charge is 2.13. The first-order valence-electron chi connectivity index (χ1n) is 7.96. The Hall–Kier alpha value is -2.87. The number of benzene rings is 1. The highest BCUT2D eigenvalue weighted by atomic mass is 32.2. The Morgan fingerprint density at radius 3 is 2.35 bits per heavy atom. The maximum Gasteiger partial charge on any atom is 0.316 e. The first kappa shape index (κ1) is 17.9. The molecule has 26 heavy (non-hydrogen) atoms. The molecule has 0 fully saturated rings. The zero-order valence-corrected chi connectivity index (χ0v) is 15.4. The minimum absolute atomic E-state index is 0.281. The summed E-state index contributed by atoms with van der Waals surface area (Å²) < 4.78 is 11.2. The lowest BCUT2D eigenvalue weighted by molar-refractivity contribution is 0.201. The van der Waals surface area contributed by atoms with E-state index >= 15 is 0 Å². The number of ether oxygens (including phenoxy) is 2. The molecular formula is C18H19N5O2S. The van der Waals surface area contributed by atoms with Gasteiger partial charge in [-0.3, -0.25) is 0 Å². The molecule has 3 aromatic rings. The van der Waals surface area contributed by atoms with Gasteiger partial charge in [-0.05, 0) is 18.7 Å². The Morgan fingerprint density at radius 1 is 0.962 bits per heavy atom. The molecule has 0 radical (unpaired) electrons. The van der Waals surface area contributed by atoms with Gasteiger partial charge in [0.25, 0.3) is 0 Å². The van der Waals surface area contributed by atoms with Crippen LogP contribution in [0.5, 0.6) is 11.9 Å². The molecule has 0 spiro atoms. The molecule has 0 unspecified atom stereocenters. The number of nitrogens with zero attached hydrogens (tertiary/aromatic N) is 4. The van der Waals surface area contributed by atoms with Crippen molar-refractivity contribution in [3.05, 3.63) is 48.5 Å². The molecule has 2 aromatic heterocycles. The van der Waals surface area contributed by atoms with Gasteiger partial charge in [-0.15, -0.1) is 11.8 Å². The topological polar surface area (TPSA) is 96.0 Å². The third kappa shape index (κ3) is 4.40. The molecule has 0 aliphatic carbocycles. The van der Waals surface area contributed by atoms with E-state index in [9.17, 15) is 0 Å². The molecule has 0 amide bonds. The molecule has 1 aromatic carbocycles. The minimum Gasteiger partial charge on any atom is -0.473 e. The van der Waals surface area contributed by atoms with E-state index in [1.807, 2.05) is 37.4 Å². The molecule has 0 bridgehead atoms. The van der Waals surface area contributed by atoms with E-state index in [1.165, 1.54) is 6.33 Å². The Bertz CT molecular complexity index is 856. The van der Waals surface area contributed by atoms with Gasteiger partial charge in [0.15, 0.2) is 0 Å². The van der Waals surface area contributed by atoms with Crippen molar-refractivity contribution in [3.8, 4) is 23.0 Å². The van der Waals surface area contributed by atoms with Gasteiger partial charge < -0.3 is 15.2 Å². The summed E-state index contributed by atoms with van der Waals surface area (Å²) in [5.74, 6) is 0.791. The molecule has 0 aliphatic heterocycles. The van der Waals surface area contributed by atoms with Crippen molar-refractivity contribution in [1.82, 2.24) is 19.9 Å². The Labute approximate surface area is 156 Å². The zero-order valence-electron chi connectivity index (χ0n) is 14.5. The van der Waals surface area contributed by atoms with Crippen LogP contribution in [0.2, 0.25) is 0 Å². The third-order valence-electron chi connectivity index (χ3n) is 3.58. The zero-order chi connectivity index (χ0) is 18.4. The van der Waals surface area contributed by atoms with Crippen LogP contribution in [-0.2, 0) is 0 Å². The van der Waals surface area contributed by atoms with E-state index in [-0.39, 0.29) is 13.2 Å². The van der Waals surface area contributed by atoms with E-state index < -0.39 is 0 Å². The predicted molar refractivity (Wildman–Crippen MR) is 101 cm³/mol. The number of aromatic nitrogens is 4. The predicted octanol–water partition coefficient (Wildman–Crippen LogP) is 3.00. The van der Waals surface area contributed by atoms with Gasteiger partial charge in [0, 0.05) is 17.3 Å². The summed E-state index contributed by atoms with van der Waals surface area (Å²) in [5.41, 5.74) is 8.77. The van der Waals surface area contributed by atoms with Crippen LogP contribution in [0.15, 0.2) is 47.9 Å². The average Bonchev–Trinajstić information content (AvgIpc) is 2.67. The second-order valence-corrected chi connectivity index (χ2v) is 6.29. The highest BCUT2D eigenvalue weighted by Crippen LogP contribution is 2.32. The first-order chi connectivity index (χ1) is 12.7. The second kappa shape index (κ2) is 8.48. The van der Waals surface area contributed by atoms with E-state index in [0.29, 0.717) is 23.3 Å². The van der Waals surface area contributed by atoms with Crippen molar-refractivity contribution in [3.63, 3.8) is 0 Å². The minimum atomic E-state index is 0.281. The molecule has 0 saturated carbocycles. The van der Waals surface area contributed by atoms with Crippen molar-refractivity contribution in [2.75, 3.05) is 25.2 Å². The van der Waals surface area contributed by atoms with Crippen LogP contribution in [0.25, 0.3) is 11.1 Å². The van der Waals surface area contributed by atoms with Crippen LogP contribution in [0.4, 0.5) is 5.82 Å². The summed E-state index contributed by atoms with van der Waals surface area (Å²) in [5, 5.41) is 0. The maximum absolute atomic E-state index is 6.03. The first-order valence-corrected chi connectivity index (χ1v) is 9.19. The number of hydrogen-bond donors (Lipinski definition) is 1. The summed E-state index contributed by atoms with van der Waals surface area (Å²) in [6.45, 7) is 2.59. The lowest BCUT2D eigenvalue weighted by Crippen LogP contribution is -2.12. The van der Waals surface area contributed by atoms with Crippen LogP contribution in [0, 0.1) is 6.92 Å². The van der Waals surface area contributed by atoms with Gasteiger partial charge in [0.05, 0.1) is 5.56 Å². The van der Waals surface area contributed by atoms with Gasteiger partial charge in [-0.1, -0.05) is 29.8 Å². The monoisotopic (exact) mass is 369 g/mol. The molecule has 134 valence electrons. The third-order valence-corrected chi connectivity index (χ3v) is 4.26. The summed E-state index contributed by atoms with van der Waals surface area (Å²) in [7, 11) is 0. The van der Waals surface area contributed by atoms with Gasteiger partial charge in [-0.25, -0.2) is 19.9 Å². The van der Waals surface area contributed by atoms with Crippen molar-refractivity contribution in [2.24, 2.45) is 0 Å². The molecule has 0 atom stereocenters. The largest absolute Gasteiger partial charge is 0.473 e. The van der Waals surface area contributed by atoms with Crippen molar-refractivity contribution in [2.45, 2.75) is 11.8 Å². The van der Waals surface area contributed by atoms with E-state index in [2.05, 4.69) is 19.9 Å². The van der Waals surface area contributed by atoms with Crippen LogP contribution in [0.3, 0.4) is 0 Å². The van der Waals surface area contributed by atoms with Crippen LogP contribution in [0.1, 0.15) is 5.56 Å². The van der Waals surface area contributed by atoms with Crippen LogP contribution < -0.4 is 15.2 Å². The lowest BCUT2D eigenvalue weighted by atomic mass is 10.1. The van der Waals surface area contributed by atoms with Crippen LogP contribution >= 0.6 is 11.8 Å². The van der Waals surface area contributed by atoms with Crippen molar-refractivity contribution in [1.29, 1.82) is 0 Å². The fourth-order valence-corrected chi connectivity index (χ4v) is 2.56. The smallest absolute Gasteiger partial charge is 0.316 e. The van der Waals surface area contributed by atoms with Crippen molar-refractivity contribution < 1.29 is 9.47 Å². The van der Waals surface area contributed by atoms with Gasteiger partial charge in [0.2, 0.25) is 5.88 Å². The number of nitrogens with two attached hydrogens (primary N) is 1. The molecule has 8 heteroatoms. The van der Waals surface area contributed by atoms with E-state index in [0.717, 1.165) is 16.0 Å². The van der Waals surface area contributed by atoms with E-state index in [1.54, 1.807) is 24.2 Å². The number of thioether (sulfide) groups is 1. The van der Waals surface area contributed by atoms with Crippen LogP contribution in [-0.4, -0.2) is 39.4 Å². The molecule has 3 rings (SSSR count). The summed E-state index contributed by atoms with van der Waals surface area (Å²) in [6.07, 6.45) is 6.78. The number of hydrogen-bond acceptors (Lipinski definition) is 8. The quantitative estimate of drug-likeness (QED) is 0.501. The number of nitrogen functional groups attached to an aromatic ring is 1. The number of rotatable bonds is 7. The molecule has 7 nitrogen and oxygen atoms in total. The van der Waals surface area contributed by atoms with E-state index in [4.69, 9.17) is 15.2 Å². The normalized spacial score (nSPS) is 10.5. The van der Waals surface area contributed by atoms with Gasteiger partial charge in [0.1, 0.15) is 25.4 Å². The fourth-order valence-electron chi connectivity index (χ4n) is 2.24. The Kier molecular flexibility index (Phi) is 5.85. The lowest BCUT2D eigenvalue weighted by Gasteiger charge is -2.12. The Morgan fingerprint density at radius 2 is 1.65 bits per heavy atom. The average molecular weight is 369 g/mol. The summed E-state index contributed by atoms with van der Waals surface area (Å²) >= 11 is 1.57. The molecular weight excluding hydrogens is 350 g/mol. The summed E-state index contributed by atoms with van der Waals surface area (Å²) in [4.78, 5) is 17.5. The number of anilines is 1. The second-order valence-electron chi connectivity index (χ2n) is 5.41.